The van der Waals surface area contributed by atoms with Gasteiger partial charge < -0.3 is 5.32 Å². The van der Waals surface area contributed by atoms with Gasteiger partial charge in [0.05, 0.1) is 0 Å². The normalized spacial score (nSPS) is 13.5. The average Bonchev–Trinajstić information content (AvgIpc) is 2.47. The Morgan fingerprint density at radius 3 is 2.53 bits per heavy atom. The maximum Gasteiger partial charge on any atom is 0.107 e. The Balaban J connectivity index is 2.65. The lowest BCUT2D eigenvalue weighted by atomic mass is 10.0. The third kappa shape index (κ3) is 4.06. The lowest BCUT2D eigenvalue weighted by molar-refractivity contribution is 0.469. The van der Waals surface area contributed by atoms with Crippen molar-refractivity contribution in [1.29, 1.82) is 0 Å². The number of nitrogens with one attached hydrogen (secondary N) is 1. The van der Waals surface area contributed by atoms with Crippen LogP contribution in [0, 0.1) is 5.92 Å². The highest BCUT2D eigenvalue weighted by Crippen LogP contribution is 2.36. The van der Waals surface area contributed by atoms with Crippen LogP contribution in [0.1, 0.15) is 37.6 Å². The van der Waals surface area contributed by atoms with Gasteiger partial charge in [-0.3, -0.25) is 0 Å². The summed E-state index contributed by atoms with van der Waals surface area (Å²) in [6.45, 7) is 4.51. The summed E-state index contributed by atoms with van der Waals surface area (Å²) in [6.07, 6.45) is 2.40. The highest BCUT2D eigenvalue weighted by molar-refractivity contribution is 9.10. The van der Waals surface area contributed by atoms with Gasteiger partial charge in [-0.05, 0) is 47.8 Å². The first-order valence-corrected chi connectivity index (χ1v) is 7.15. The quantitative estimate of drug-likeness (QED) is 0.819. The van der Waals surface area contributed by atoms with Crippen molar-refractivity contribution in [3.8, 4) is 0 Å². The van der Waals surface area contributed by atoms with Crippen molar-refractivity contribution in [2.24, 2.45) is 5.92 Å². The molecule has 0 aliphatic carbocycles. The second-order valence-electron chi connectivity index (χ2n) is 4.08. The molecule has 0 amide bonds. The molecule has 1 heterocycles. The molecule has 1 nitrogen and oxygen atoms in total. The molecule has 1 aromatic heterocycles. The Hall–Kier alpha value is 0.430. The van der Waals surface area contributed by atoms with Crippen LogP contribution in [0.3, 0.4) is 0 Å². The molecule has 1 atom stereocenters. The molecular formula is C11H17BrClNS. The summed E-state index contributed by atoms with van der Waals surface area (Å²) in [5.74, 6) is 0.750. The van der Waals surface area contributed by atoms with E-state index in [4.69, 9.17) is 11.6 Å². The molecule has 1 N–H and O–H groups in total. The van der Waals surface area contributed by atoms with E-state index >= 15 is 0 Å². The van der Waals surface area contributed by atoms with Crippen molar-refractivity contribution in [2.75, 3.05) is 7.05 Å². The Labute approximate surface area is 109 Å². The maximum atomic E-state index is 6.04. The first kappa shape index (κ1) is 13.5. The summed E-state index contributed by atoms with van der Waals surface area (Å²) in [7, 11) is 2.01. The number of hydrogen-bond donors (Lipinski definition) is 1. The minimum Gasteiger partial charge on any atom is -0.312 e. The second-order valence-corrected chi connectivity index (χ2v) is 6.62. The van der Waals surface area contributed by atoms with Gasteiger partial charge >= 0.3 is 0 Å². The van der Waals surface area contributed by atoms with Crippen LogP contribution in [0.4, 0.5) is 0 Å². The standard InChI is InChI=1S/C11H17BrClNS/c1-7(2)4-5-9(14-3)10-6-8(12)11(13)15-10/h6-7,9,14H,4-5H2,1-3H3. The first-order chi connectivity index (χ1) is 7.04. The van der Waals surface area contributed by atoms with Crippen LogP contribution in [0.15, 0.2) is 10.5 Å². The fourth-order valence-electron chi connectivity index (χ4n) is 1.46. The Bertz CT molecular complexity index is 292. The van der Waals surface area contributed by atoms with E-state index in [0.717, 1.165) is 21.1 Å². The van der Waals surface area contributed by atoms with Crippen LogP contribution in [-0.2, 0) is 0 Å². The van der Waals surface area contributed by atoms with E-state index in [9.17, 15) is 0 Å². The molecule has 0 saturated heterocycles. The van der Waals surface area contributed by atoms with Crippen molar-refractivity contribution >= 4 is 38.9 Å². The van der Waals surface area contributed by atoms with Crippen molar-refractivity contribution < 1.29 is 0 Å². The molecule has 1 aromatic rings. The summed E-state index contributed by atoms with van der Waals surface area (Å²) in [5, 5.41) is 3.35. The Morgan fingerprint density at radius 2 is 2.13 bits per heavy atom. The van der Waals surface area contributed by atoms with Gasteiger partial charge in [0, 0.05) is 15.4 Å². The van der Waals surface area contributed by atoms with Crippen molar-refractivity contribution in [3.63, 3.8) is 0 Å². The van der Waals surface area contributed by atoms with E-state index in [0.29, 0.717) is 6.04 Å². The fraction of sp³-hybridized carbons (Fsp3) is 0.636. The number of hydrogen-bond acceptors (Lipinski definition) is 2. The zero-order valence-electron chi connectivity index (χ0n) is 9.31. The largest absolute Gasteiger partial charge is 0.312 e. The van der Waals surface area contributed by atoms with Gasteiger partial charge in [0.15, 0.2) is 0 Å². The Morgan fingerprint density at radius 1 is 1.47 bits per heavy atom. The van der Waals surface area contributed by atoms with Gasteiger partial charge in [0.2, 0.25) is 0 Å². The molecule has 0 bridgehead atoms. The summed E-state index contributed by atoms with van der Waals surface area (Å²) >= 11 is 11.1. The number of thiophene rings is 1. The predicted octanol–water partition coefficient (Wildman–Crippen LogP) is 4.86. The van der Waals surface area contributed by atoms with Crippen LogP contribution in [0.2, 0.25) is 4.34 Å². The minimum atomic E-state index is 0.432. The molecule has 4 heteroatoms. The minimum absolute atomic E-state index is 0.432. The number of halogens is 2. The lowest BCUT2D eigenvalue weighted by Crippen LogP contribution is -2.15. The van der Waals surface area contributed by atoms with Crippen LogP contribution in [-0.4, -0.2) is 7.05 Å². The van der Waals surface area contributed by atoms with Gasteiger partial charge in [-0.2, -0.15) is 0 Å². The Kier molecular flexibility index (Phi) is 5.61. The summed E-state index contributed by atoms with van der Waals surface area (Å²) < 4.78 is 1.85. The summed E-state index contributed by atoms with van der Waals surface area (Å²) in [5.41, 5.74) is 0. The van der Waals surface area contributed by atoms with Crippen molar-refractivity contribution in [1.82, 2.24) is 5.32 Å². The van der Waals surface area contributed by atoms with Crippen molar-refractivity contribution in [2.45, 2.75) is 32.7 Å². The zero-order valence-corrected chi connectivity index (χ0v) is 12.5. The third-order valence-corrected chi connectivity index (χ3v) is 4.98. The summed E-state index contributed by atoms with van der Waals surface area (Å²) in [6, 6.07) is 2.55. The molecule has 1 rings (SSSR count). The van der Waals surface area contributed by atoms with E-state index < -0.39 is 0 Å². The highest BCUT2D eigenvalue weighted by atomic mass is 79.9. The smallest absolute Gasteiger partial charge is 0.107 e. The van der Waals surface area contributed by atoms with Gasteiger partial charge in [-0.1, -0.05) is 25.4 Å². The third-order valence-electron chi connectivity index (χ3n) is 2.39. The maximum absolute atomic E-state index is 6.04. The molecule has 86 valence electrons. The predicted molar refractivity (Wildman–Crippen MR) is 72.9 cm³/mol. The molecule has 1 unspecified atom stereocenters. The van der Waals surface area contributed by atoms with E-state index in [1.54, 1.807) is 11.3 Å². The molecular weight excluding hydrogens is 294 g/mol. The average molecular weight is 311 g/mol. The topological polar surface area (TPSA) is 12.0 Å². The van der Waals surface area contributed by atoms with E-state index in [1.165, 1.54) is 11.3 Å². The van der Waals surface area contributed by atoms with Gasteiger partial charge in [-0.25, -0.2) is 0 Å². The van der Waals surface area contributed by atoms with Crippen LogP contribution in [0.5, 0.6) is 0 Å². The van der Waals surface area contributed by atoms with Crippen LogP contribution >= 0.6 is 38.9 Å². The SMILES string of the molecule is CNC(CCC(C)C)c1cc(Br)c(Cl)s1. The number of rotatable bonds is 5. The second kappa shape index (κ2) is 6.24. The van der Waals surface area contributed by atoms with E-state index in [-0.39, 0.29) is 0 Å². The fourth-order valence-corrected chi connectivity index (χ4v) is 3.34. The van der Waals surface area contributed by atoms with Gasteiger partial charge in [0.25, 0.3) is 0 Å². The van der Waals surface area contributed by atoms with Gasteiger partial charge in [-0.15, -0.1) is 11.3 Å². The molecule has 0 saturated carbocycles. The van der Waals surface area contributed by atoms with Crippen LogP contribution < -0.4 is 5.32 Å². The van der Waals surface area contributed by atoms with Crippen molar-refractivity contribution in [3.05, 3.63) is 19.8 Å². The zero-order chi connectivity index (χ0) is 11.4. The first-order valence-electron chi connectivity index (χ1n) is 5.16. The monoisotopic (exact) mass is 309 g/mol. The lowest BCUT2D eigenvalue weighted by Gasteiger charge is -2.15. The molecule has 0 aliphatic heterocycles. The van der Waals surface area contributed by atoms with Gasteiger partial charge in [0.1, 0.15) is 4.34 Å². The molecule has 0 radical (unpaired) electrons. The molecule has 0 aliphatic rings. The molecule has 0 fully saturated rings. The molecule has 0 spiro atoms. The molecule has 15 heavy (non-hydrogen) atoms. The highest BCUT2D eigenvalue weighted by Gasteiger charge is 2.14. The van der Waals surface area contributed by atoms with Crippen LogP contribution in [0.25, 0.3) is 0 Å². The summed E-state index contributed by atoms with van der Waals surface area (Å²) in [4.78, 5) is 1.31. The molecule has 0 aromatic carbocycles. The van der Waals surface area contributed by atoms with E-state index in [2.05, 4.69) is 41.2 Å². The van der Waals surface area contributed by atoms with E-state index in [1.807, 2.05) is 7.05 Å².